The number of nitrogens with zero attached hydrogens (tertiary/aromatic N) is 2. The average Bonchev–Trinajstić information content (AvgIpc) is 2.70. The van der Waals surface area contributed by atoms with Crippen LogP contribution in [0.2, 0.25) is 0 Å². The molecule has 2 aliphatic heterocycles. The monoisotopic (exact) mass is 512 g/mol. The number of halogens is 1. The molecule has 0 aliphatic carbocycles. The molecule has 28 heavy (non-hydrogen) atoms. The zero-order valence-electron chi connectivity index (χ0n) is 18.0. The maximum absolute atomic E-state index is 5.83. The van der Waals surface area contributed by atoms with Gasteiger partial charge in [0.15, 0.2) is 5.96 Å². The van der Waals surface area contributed by atoms with Crippen LogP contribution in [0.25, 0.3) is 0 Å². The fourth-order valence-corrected chi connectivity index (χ4v) is 3.43. The average molecular weight is 512 g/mol. The predicted molar refractivity (Wildman–Crippen MR) is 125 cm³/mol. The summed E-state index contributed by atoms with van der Waals surface area (Å²) >= 11 is 0. The third-order valence-corrected chi connectivity index (χ3v) is 5.29. The van der Waals surface area contributed by atoms with E-state index in [0.717, 1.165) is 97.6 Å². The summed E-state index contributed by atoms with van der Waals surface area (Å²) in [6.07, 6.45) is 3.25. The molecule has 0 saturated carbocycles. The lowest BCUT2D eigenvalue weighted by Crippen LogP contribution is -2.52. The SMILES string of the molecule is CCNC(=NCC(C)(C)N1CCOCC1)NCCCOCC1CCOCC1.I. The van der Waals surface area contributed by atoms with E-state index in [0.29, 0.717) is 5.92 Å². The van der Waals surface area contributed by atoms with Gasteiger partial charge in [0.05, 0.1) is 19.8 Å². The Kier molecular flexibility index (Phi) is 13.6. The lowest BCUT2D eigenvalue weighted by Gasteiger charge is -2.39. The van der Waals surface area contributed by atoms with E-state index in [4.69, 9.17) is 19.2 Å². The van der Waals surface area contributed by atoms with Gasteiger partial charge in [0.1, 0.15) is 0 Å². The first kappa shape index (κ1) is 25.9. The second-order valence-electron chi connectivity index (χ2n) is 8.02. The molecule has 0 spiro atoms. The topological polar surface area (TPSA) is 67.4 Å². The Bertz CT molecular complexity index is 426. The highest BCUT2D eigenvalue weighted by atomic mass is 127. The molecule has 0 atom stereocenters. The lowest BCUT2D eigenvalue weighted by molar-refractivity contribution is -0.00684. The number of aliphatic imine (C=N–C) groups is 1. The molecule has 166 valence electrons. The highest BCUT2D eigenvalue weighted by molar-refractivity contribution is 14.0. The predicted octanol–water partition coefficient (Wildman–Crippen LogP) is 2.10. The maximum atomic E-state index is 5.83. The lowest BCUT2D eigenvalue weighted by atomic mass is 10.0. The summed E-state index contributed by atoms with van der Waals surface area (Å²) in [7, 11) is 0. The smallest absolute Gasteiger partial charge is 0.191 e. The van der Waals surface area contributed by atoms with E-state index in [1.807, 2.05) is 0 Å². The molecule has 0 amide bonds. The molecule has 0 radical (unpaired) electrons. The van der Waals surface area contributed by atoms with Crippen molar-refractivity contribution in [3.63, 3.8) is 0 Å². The van der Waals surface area contributed by atoms with Crippen molar-refractivity contribution >= 4 is 29.9 Å². The van der Waals surface area contributed by atoms with Gasteiger partial charge in [-0.3, -0.25) is 9.89 Å². The van der Waals surface area contributed by atoms with E-state index in [1.165, 1.54) is 0 Å². The van der Waals surface area contributed by atoms with Crippen molar-refractivity contribution in [3.05, 3.63) is 0 Å². The molecule has 2 saturated heterocycles. The summed E-state index contributed by atoms with van der Waals surface area (Å²) in [4.78, 5) is 7.27. The number of guanidine groups is 1. The van der Waals surface area contributed by atoms with Crippen LogP contribution in [0.5, 0.6) is 0 Å². The largest absolute Gasteiger partial charge is 0.381 e. The third-order valence-electron chi connectivity index (χ3n) is 5.29. The van der Waals surface area contributed by atoms with Crippen LogP contribution in [0, 0.1) is 5.92 Å². The number of morpholine rings is 1. The zero-order valence-corrected chi connectivity index (χ0v) is 20.3. The van der Waals surface area contributed by atoms with Gasteiger partial charge in [0.25, 0.3) is 0 Å². The van der Waals surface area contributed by atoms with E-state index in [1.54, 1.807) is 0 Å². The molecule has 2 aliphatic rings. The van der Waals surface area contributed by atoms with Crippen LogP contribution in [0.4, 0.5) is 0 Å². The van der Waals surface area contributed by atoms with E-state index in [-0.39, 0.29) is 29.5 Å². The fraction of sp³-hybridized carbons (Fsp3) is 0.950. The van der Waals surface area contributed by atoms with E-state index in [9.17, 15) is 0 Å². The van der Waals surface area contributed by atoms with Gasteiger partial charge in [-0.25, -0.2) is 0 Å². The fourth-order valence-electron chi connectivity index (χ4n) is 3.43. The summed E-state index contributed by atoms with van der Waals surface area (Å²) in [5.41, 5.74) is 0.0406. The van der Waals surface area contributed by atoms with Crippen LogP contribution in [-0.4, -0.2) is 88.8 Å². The molecule has 8 heteroatoms. The third kappa shape index (κ3) is 10.0. The summed E-state index contributed by atoms with van der Waals surface area (Å²) in [6.45, 7) is 16.2. The minimum absolute atomic E-state index is 0. The van der Waals surface area contributed by atoms with E-state index >= 15 is 0 Å². The Morgan fingerprint density at radius 3 is 2.46 bits per heavy atom. The van der Waals surface area contributed by atoms with Crippen LogP contribution >= 0.6 is 24.0 Å². The Labute approximate surface area is 188 Å². The molecule has 0 bridgehead atoms. The molecule has 2 fully saturated rings. The van der Waals surface area contributed by atoms with Crippen molar-refractivity contribution in [2.75, 3.05) is 72.4 Å². The Balaban J connectivity index is 0.00000392. The second kappa shape index (κ2) is 14.8. The molecule has 2 heterocycles. The highest BCUT2D eigenvalue weighted by Crippen LogP contribution is 2.16. The van der Waals surface area contributed by atoms with Crippen LogP contribution < -0.4 is 10.6 Å². The second-order valence-corrected chi connectivity index (χ2v) is 8.02. The summed E-state index contributed by atoms with van der Waals surface area (Å²) in [6, 6.07) is 0. The van der Waals surface area contributed by atoms with Crippen LogP contribution in [0.15, 0.2) is 4.99 Å². The van der Waals surface area contributed by atoms with Crippen molar-refractivity contribution in [1.82, 2.24) is 15.5 Å². The van der Waals surface area contributed by atoms with Crippen LogP contribution in [0.3, 0.4) is 0 Å². The minimum atomic E-state index is 0. The Morgan fingerprint density at radius 1 is 1.11 bits per heavy atom. The first-order chi connectivity index (χ1) is 13.1. The summed E-state index contributed by atoms with van der Waals surface area (Å²) in [5.74, 6) is 1.57. The van der Waals surface area contributed by atoms with Crippen LogP contribution in [-0.2, 0) is 14.2 Å². The Morgan fingerprint density at radius 2 is 1.79 bits per heavy atom. The van der Waals surface area contributed by atoms with Gasteiger partial charge in [-0.2, -0.15) is 0 Å². The van der Waals surface area contributed by atoms with Crippen molar-refractivity contribution in [3.8, 4) is 0 Å². The van der Waals surface area contributed by atoms with Crippen molar-refractivity contribution in [2.45, 2.75) is 45.6 Å². The number of ether oxygens (including phenoxy) is 3. The normalized spacial score (nSPS) is 19.9. The first-order valence-electron chi connectivity index (χ1n) is 10.6. The quantitative estimate of drug-likeness (QED) is 0.202. The molecule has 0 aromatic rings. The zero-order chi connectivity index (χ0) is 19.4. The van der Waals surface area contributed by atoms with Crippen molar-refractivity contribution in [1.29, 1.82) is 0 Å². The van der Waals surface area contributed by atoms with E-state index in [2.05, 4.69) is 36.3 Å². The van der Waals surface area contributed by atoms with E-state index < -0.39 is 0 Å². The van der Waals surface area contributed by atoms with Gasteiger partial charge in [-0.1, -0.05) is 0 Å². The molecule has 0 unspecified atom stereocenters. The molecule has 2 rings (SSSR count). The Hall–Kier alpha value is -0.160. The van der Waals surface area contributed by atoms with Crippen molar-refractivity contribution < 1.29 is 14.2 Å². The van der Waals surface area contributed by atoms with Gasteiger partial charge < -0.3 is 24.8 Å². The van der Waals surface area contributed by atoms with Crippen LogP contribution in [0.1, 0.15) is 40.0 Å². The van der Waals surface area contributed by atoms with Gasteiger partial charge >= 0.3 is 0 Å². The number of nitrogens with one attached hydrogen (secondary N) is 2. The number of rotatable bonds is 10. The molecule has 2 N–H and O–H groups in total. The summed E-state index contributed by atoms with van der Waals surface area (Å²) < 4.78 is 16.7. The minimum Gasteiger partial charge on any atom is -0.381 e. The number of hydrogen-bond donors (Lipinski definition) is 2. The number of hydrogen-bond acceptors (Lipinski definition) is 5. The highest BCUT2D eigenvalue weighted by Gasteiger charge is 2.28. The standard InChI is InChI=1S/C20H40N4O3.HI/c1-4-21-19(23-17-20(2,3)24-9-14-26-15-10-24)22-8-5-11-27-16-18-6-12-25-13-7-18;/h18H,4-17H2,1-3H3,(H2,21,22,23);1H. The molecule has 0 aromatic carbocycles. The molecular formula is C20H41IN4O3. The van der Waals surface area contributed by atoms with Gasteiger partial charge in [0, 0.05) is 58.1 Å². The van der Waals surface area contributed by atoms with Gasteiger partial charge in [-0.15, -0.1) is 24.0 Å². The van der Waals surface area contributed by atoms with Crippen molar-refractivity contribution in [2.24, 2.45) is 10.9 Å². The first-order valence-corrected chi connectivity index (χ1v) is 10.6. The molecular weight excluding hydrogens is 471 g/mol. The molecule has 0 aromatic heterocycles. The maximum Gasteiger partial charge on any atom is 0.191 e. The summed E-state index contributed by atoms with van der Waals surface area (Å²) in [5, 5.41) is 6.77. The van der Waals surface area contributed by atoms with Gasteiger partial charge in [0.2, 0.25) is 0 Å². The van der Waals surface area contributed by atoms with Gasteiger partial charge in [-0.05, 0) is 46.0 Å². The molecule has 7 nitrogen and oxygen atoms in total.